The molecule has 1 amide bonds. The van der Waals surface area contributed by atoms with Crippen LogP contribution in [0.2, 0.25) is 0 Å². The first-order valence-corrected chi connectivity index (χ1v) is 14.8. The maximum atomic E-state index is 12.4. The fourth-order valence-corrected chi connectivity index (χ4v) is 4.00. The standard InChI is InChI=1S/C14H15N.C10H8FN3.C10H11NO2.C3H8/c1-15-14(8-9-14)13-7-6-11-4-2-3-5-12(11)10-13;1-2-5-12-6-3-4-10-13-7-9(11)8-14-10;1-8(13)11-6-9-4-2-3-5-10(9)7-12;1-3-2/h2-7,10,15H,8-9H2,1H3;5,7-8,12H,1,6H2;2-5,7H,6H2,1H3,(H,11,13);3H2,1-2H3. The van der Waals surface area contributed by atoms with Gasteiger partial charge in [0, 0.05) is 30.8 Å². The fraction of sp³-hybridized carbons (Fsp3) is 0.270. The molecule has 3 N–H and O–H groups in total. The third kappa shape index (κ3) is 13.0. The molecule has 45 heavy (non-hydrogen) atoms. The van der Waals surface area contributed by atoms with Crippen molar-refractivity contribution in [2.45, 2.75) is 52.1 Å². The Morgan fingerprint density at radius 1 is 1.02 bits per heavy atom. The molecule has 0 atom stereocenters. The molecule has 3 aromatic carbocycles. The van der Waals surface area contributed by atoms with Crippen LogP contribution >= 0.6 is 0 Å². The molecule has 4 aromatic rings. The van der Waals surface area contributed by atoms with E-state index in [1.807, 2.05) is 12.1 Å². The minimum absolute atomic E-state index is 0.0966. The summed E-state index contributed by atoms with van der Waals surface area (Å²) in [4.78, 5) is 28.5. The van der Waals surface area contributed by atoms with Gasteiger partial charge in [0.05, 0.1) is 18.9 Å². The van der Waals surface area contributed by atoms with Crippen molar-refractivity contribution in [1.82, 2.24) is 25.9 Å². The van der Waals surface area contributed by atoms with Gasteiger partial charge in [0.1, 0.15) is 6.29 Å². The molecule has 0 saturated heterocycles. The lowest BCUT2D eigenvalue weighted by atomic mass is 10.0. The third-order valence-electron chi connectivity index (χ3n) is 6.46. The lowest BCUT2D eigenvalue weighted by molar-refractivity contribution is -0.119. The molecule has 5 rings (SSSR count). The zero-order chi connectivity index (χ0) is 32.9. The Balaban J connectivity index is 0.000000226. The van der Waals surface area contributed by atoms with E-state index in [2.05, 4.69) is 113 Å². The molecular weight excluding hydrogens is 565 g/mol. The molecule has 1 fully saturated rings. The Kier molecular flexibility index (Phi) is 16.0. The summed E-state index contributed by atoms with van der Waals surface area (Å²) < 4.78 is 12.4. The second-order valence-corrected chi connectivity index (χ2v) is 10.1. The van der Waals surface area contributed by atoms with E-state index in [9.17, 15) is 14.0 Å². The second kappa shape index (κ2) is 20.0. The molecule has 1 aliphatic rings. The number of rotatable bonds is 7. The molecule has 0 bridgehead atoms. The van der Waals surface area contributed by atoms with Crippen molar-refractivity contribution in [3.63, 3.8) is 0 Å². The van der Waals surface area contributed by atoms with Crippen molar-refractivity contribution in [3.05, 3.63) is 126 Å². The molecule has 8 heteroatoms. The van der Waals surface area contributed by atoms with Crippen LogP contribution in [0.15, 0.2) is 97.6 Å². The quantitative estimate of drug-likeness (QED) is 0.0967. The van der Waals surface area contributed by atoms with Crippen molar-refractivity contribution in [2.75, 3.05) is 13.6 Å². The molecule has 234 valence electrons. The Hall–Kier alpha value is -5.09. The van der Waals surface area contributed by atoms with Crippen molar-refractivity contribution in [2.24, 2.45) is 0 Å². The number of fused-ring (bicyclic) bond motifs is 1. The monoisotopic (exact) mass is 607 g/mol. The highest BCUT2D eigenvalue weighted by Crippen LogP contribution is 2.45. The molecule has 1 aliphatic carbocycles. The van der Waals surface area contributed by atoms with Gasteiger partial charge in [-0.3, -0.25) is 9.59 Å². The maximum absolute atomic E-state index is 12.4. The molecule has 0 spiro atoms. The first-order chi connectivity index (χ1) is 21.8. The zero-order valence-electron chi connectivity index (χ0n) is 26.5. The van der Waals surface area contributed by atoms with Gasteiger partial charge in [-0.05, 0) is 53.8 Å². The van der Waals surface area contributed by atoms with Crippen LogP contribution in [0.5, 0.6) is 0 Å². The summed E-state index contributed by atoms with van der Waals surface area (Å²) in [6.45, 7) is 9.92. The summed E-state index contributed by atoms with van der Waals surface area (Å²) >= 11 is 0. The summed E-state index contributed by atoms with van der Waals surface area (Å²) in [7, 11) is 2.06. The topological polar surface area (TPSA) is 96.0 Å². The molecule has 0 radical (unpaired) electrons. The predicted molar refractivity (Wildman–Crippen MR) is 180 cm³/mol. The average Bonchev–Trinajstić information content (AvgIpc) is 3.87. The van der Waals surface area contributed by atoms with Crippen LogP contribution in [-0.2, 0) is 16.9 Å². The Bertz CT molecular complexity index is 1620. The van der Waals surface area contributed by atoms with Gasteiger partial charge in [-0.25, -0.2) is 14.4 Å². The van der Waals surface area contributed by atoms with Gasteiger partial charge < -0.3 is 16.0 Å². The van der Waals surface area contributed by atoms with E-state index < -0.39 is 5.82 Å². The van der Waals surface area contributed by atoms with E-state index in [4.69, 9.17) is 0 Å². The number of hydrogen-bond donors (Lipinski definition) is 3. The van der Waals surface area contributed by atoms with Crippen LogP contribution in [0.25, 0.3) is 10.8 Å². The van der Waals surface area contributed by atoms with Gasteiger partial charge in [-0.1, -0.05) is 93.4 Å². The van der Waals surface area contributed by atoms with Crippen LogP contribution in [0.4, 0.5) is 4.39 Å². The average molecular weight is 608 g/mol. The predicted octanol–water partition coefficient (Wildman–Crippen LogP) is 6.46. The summed E-state index contributed by atoms with van der Waals surface area (Å²) in [6, 6.07) is 22.5. The van der Waals surface area contributed by atoms with E-state index >= 15 is 0 Å². The number of nitrogens with one attached hydrogen (secondary N) is 3. The van der Waals surface area contributed by atoms with Crippen molar-refractivity contribution < 1.29 is 14.0 Å². The number of hydrogen-bond acceptors (Lipinski definition) is 6. The van der Waals surface area contributed by atoms with E-state index in [0.29, 0.717) is 24.5 Å². The highest BCUT2D eigenvalue weighted by Gasteiger charge is 2.42. The van der Waals surface area contributed by atoms with E-state index in [0.717, 1.165) is 24.2 Å². The Labute approximate surface area is 266 Å². The normalized spacial score (nSPS) is 11.6. The lowest BCUT2D eigenvalue weighted by Crippen LogP contribution is -2.24. The van der Waals surface area contributed by atoms with Gasteiger partial charge in [-0.15, -0.1) is 5.73 Å². The SMILES string of the molecule is C=C=CNCC#Cc1ncc(F)cn1.CC(=O)NCc1ccccc1C=O.CCC.CNC1(c2ccc3ccccc3c2)CC1. The fourth-order valence-electron chi connectivity index (χ4n) is 4.00. The smallest absolute Gasteiger partial charge is 0.217 e. The van der Waals surface area contributed by atoms with Gasteiger partial charge >= 0.3 is 0 Å². The molecule has 0 unspecified atom stereocenters. The minimum Gasteiger partial charge on any atom is -0.374 e. The molecule has 1 heterocycles. The van der Waals surface area contributed by atoms with E-state index in [-0.39, 0.29) is 11.4 Å². The number of halogens is 1. The first kappa shape index (κ1) is 36.1. The number of aldehydes is 1. The summed E-state index contributed by atoms with van der Waals surface area (Å²) in [5.41, 5.74) is 5.72. The molecular formula is C37H42FN5O2. The van der Waals surface area contributed by atoms with Crippen LogP contribution < -0.4 is 16.0 Å². The number of carbonyl (C=O) groups is 2. The minimum atomic E-state index is -0.469. The van der Waals surface area contributed by atoms with Gasteiger partial charge in [-0.2, -0.15) is 0 Å². The van der Waals surface area contributed by atoms with Gasteiger partial charge in [0.2, 0.25) is 11.7 Å². The first-order valence-electron chi connectivity index (χ1n) is 14.8. The van der Waals surface area contributed by atoms with Crippen molar-refractivity contribution >= 4 is 23.0 Å². The van der Waals surface area contributed by atoms with Gasteiger partial charge in [0.15, 0.2) is 5.82 Å². The zero-order valence-corrected chi connectivity index (χ0v) is 26.5. The summed E-state index contributed by atoms with van der Waals surface area (Å²) in [5.74, 6) is 5.15. The number of nitrogens with zero attached hydrogens (tertiary/aromatic N) is 2. The van der Waals surface area contributed by atoms with Gasteiger partial charge in [0.25, 0.3) is 0 Å². The van der Waals surface area contributed by atoms with Crippen LogP contribution in [0, 0.1) is 17.7 Å². The highest BCUT2D eigenvalue weighted by molar-refractivity contribution is 5.83. The van der Waals surface area contributed by atoms with Crippen LogP contribution in [-0.4, -0.2) is 35.8 Å². The lowest BCUT2D eigenvalue weighted by Gasteiger charge is -2.15. The third-order valence-corrected chi connectivity index (χ3v) is 6.46. The summed E-state index contributed by atoms with van der Waals surface area (Å²) in [6.07, 6.45) is 8.28. The molecule has 1 saturated carbocycles. The second-order valence-electron chi connectivity index (χ2n) is 10.1. The van der Waals surface area contributed by atoms with Crippen molar-refractivity contribution in [1.29, 1.82) is 0 Å². The molecule has 7 nitrogen and oxygen atoms in total. The van der Waals surface area contributed by atoms with Crippen LogP contribution in [0.3, 0.4) is 0 Å². The van der Waals surface area contributed by atoms with Crippen molar-refractivity contribution in [3.8, 4) is 11.8 Å². The Morgan fingerprint density at radius 2 is 1.67 bits per heavy atom. The molecule has 0 aliphatic heterocycles. The molecule has 1 aromatic heterocycles. The number of benzene rings is 3. The number of amides is 1. The maximum Gasteiger partial charge on any atom is 0.217 e. The number of aromatic nitrogens is 2. The largest absolute Gasteiger partial charge is 0.374 e. The Morgan fingerprint density at radius 3 is 2.27 bits per heavy atom. The van der Waals surface area contributed by atoms with E-state index in [1.54, 1.807) is 18.3 Å². The highest BCUT2D eigenvalue weighted by atomic mass is 19.1. The summed E-state index contributed by atoms with van der Waals surface area (Å²) in [5, 5.41) is 11.6. The van der Waals surface area contributed by atoms with Crippen LogP contribution in [0.1, 0.15) is 67.3 Å². The number of carbonyl (C=O) groups excluding carboxylic acids is 2. The van der Waals surface area contributed by atoms with E-state index in [1.165, 1.54) is 42.5 Å².